The van der Waals surface area contributed by atoms with Crippen molar-refractivity contribution in [3.63, 3.8) is 0 Å². The van der Waals surface area contributed by atoms with Crippen LogP contribution >= 0.6 is 11.3 Å². The van der Waals surface area contributed by atoms with Crippen LogP contribution in [0.15, 0.2) is 30.5 Å². The van der Waals surface area contributed by atoms with Crippen LogP contribution in [0.4, 0.5) is 5.13 Å². The lowest BCUT2D eigenvalue weighted by molar-refractivity contribution is -0.572. The summed E-state index contributed by atoms with van der Waals surface area (Å²) in [5.74, 6) is 0.871. The Morgan fingerprint density at radius 1 is 1.18 bits per heavy atom. The fraction of sp³-hybridized carbons (Fsp3) is 0.375. The number of nitrogens with zero attached hydrogens (tertiary/aromatic N) is 3. The number of ether oxygens (including phenoxy) is 1. The molecule has 0 bridgehead atoms. The van der Waals surface area contributed by atoms with E-state index in [1.807, 2.05) is 16.6 Å². The van der Waals surface area contributed by atoms with Crippen LogP contribution in [0, 0.1) is 0 Å². The molecule has 0 aliphatic carbocycles. The minimum Gasteiger partial charge on any atom is -0.497 e. The second kappa shape index (κ2) is 5.61. The Kier molecular flexibility index (Phi) is 3.46. The van der Waals surface area contributed by atoms with Crippen LogP contribution in [0.5, 0.6) is 5.75 Å². The first kappa shape index (κ1) is 13.6. The molecule has 3 aromatic rings. The molecule has 4 rings (SSSR count). The minimum absolute atomic E-state index is 0.871. The summed E-state index contributed by atoms with van der Waals surface area (Å²) in [5.41, 5.74) is 2.21. The van der Waals surface area contributed by atoms with Gasteiger partial charge in [-0.15, -0.1) is 0 Å². The van der Waals surface area contributed by atoms with Crippen molar-refractivity contribution in [2.24, 2.45) is 0 Å². The van der Waals surface area contributed by atoms with Crippen molar-refractivity contribution < 1.29 is 9.25 Å². The van der Waals surface area contributed by atoms with Crippen molar-refractivity contribution in [2.45, 2.75) is 19.3 Å². The van der Waals surface area contributed by atoms with Gasteiger partial charge in [-0.05, 0) is 60.0 Å². The highest BCUT2D eigenvalue weighted by molar-refractivity contribution is 7.19. The lowest BCUT2D eigenvalue weighted by atomic mass is 10.1. The number of aromatic nitrogens is 3. The average Bonchev–Trinajstić information content (AvgIpc) is 3.15. The zero-order valence-electron chi connectivity index (χ0n) is 12.6. The summed E-state index contributed by atoms with van der Waals surface area (Å²) < 4.78 is 7.15. The molecule has 114 valence electrons. The van der Waals surface area contributed by atoms with Crippen LogP contribution in [-0.4, -0.2) is 30.3 Å². The number of rotatable bonds is 3. The molecule has 0 amide bonds. The number of hydrogen-bond acceptors (Lipinski definition) is 4. The fourth-order valence-corrected chi connectivity index (χ4v) is 3.82. The van der Waals surface area contributed by atoms with E-state index >= 15 is 0 Å². The molecule has 1 saturated heterocycles. The number of fused-ring (bicyclic) bond motifs is 1. The van der Waals surface area contributed by atoms with E-state index in [-0.39, 0.29) is 0 Å². The number of aromatic amines is 1. The molecule has 3 heterocycles. The molecular formula is C16H19N4OS+. The first-order valence-electron chi connectivity index (χ1n) is 7.64. The van der Waals surface area contributed by atoms with E-state index in [0.29, 0.717) is 0 Å². The number of benzene rings is 1. The molecule has 1 aromatic carbocycles. The number of anilines is 1. The molecular weight excluding hydrogens is 296 g/mol. The summed E-state index contributed by atoms with van der Waals surface area (Å²) in [6.07, 6.45) is 5.94. The molecule has 0 atom stereocenters. The van der Waals surface area contributed by atoms with Crippen LogP contribution in [-0.2, 0) is 0 Å². The molecule has 0 saturated carbocycles. The van der Waals surface area contributed by atoms with E-state index in [1.54, 1.807) is 18.4 Å². The summed E-state index contributed by atoms with van der Waals surface area (Å²) >= 11 is 1.72. The number of methoxy groups -OCH3 is 1. The second-order valence-corrected chi connectivity index (χ2v) is 6.53. The third-order valence-corrected chi connectivity index (χ3v) is 5.11. The normalized spacial score (nSPS) is 15.4. The zero-order valence-corrected chi connectivity index (χ0v) is 13.4. The van der Waals surface area contributed by atoms with Gasteiger partial charge in [-0.25, -0.2) is 4.98 Å². The monoisotopic (exact) mass is 315 g/mol. The van der Waals surface area contributed by atoms with Gasteiger partial charge < -0.3 is 9.64 Å². The highest BCUT2D eigenvalue weighted by Crippen LogP contribution is 2.26. The van der Waals surface area contributed by atoms with E-state index in [9.17, 15) is 0 Å². The summed E-state index contributed by atoms with van der Waals surface area (Å²) in [6, 6.07) is 8.06. The molecule has 1 fully saturated rings. The maximum atomic E-state index is 5.20. The molecule has 1 aliphatic rings. The third kappa shape index (κ3) is 2.43. The molecule has 1 N–H and O–H groups in total. The first-order valence-corrected chi connectivity index (χ1v) is 8.46. The van der Waals surface area contributed by atoms with Crippen LogP contribution < -0.4 is 14.2 Å². The summed E-state index contributed by atoms with van der Waals surface area (Å²) in [4.78, 5) is 6.93. The topological polar surface area (TPSA) is 45.2 Å². The Bertz CT molecular complexity index is 740. The molecule has 0 radical (unpaired) electrons. The molecule has 5 nitrogen and oxygen atoms in total. The highest BCUT2D eigenvalue weighted by atomic mass is 32.1. The van der Waals surface area contributed by atoms with E-state index in [0.717, 1.165) is 40.2 Å². The zero-order chi connectivity index (χ0) is 14.9. The van der Waals surface area contributed by atoms with Crippen LogP contribution in [0.2, 0.25) is 0 Å². The van der Waals surface area contributed by atoms with Gasteiger partial charge in [0.1, 0.15) is 5.75 Å². The molecule has 0 unspecified atom stereocenters. The van der Waals surface area contributed by atoms with Gasteiger partial charge >= 0.3 is 4.96 Å². The van der Waals surface area contributed by atoms with Gasteiger partial charge in [0.25, 0.3) is 0 Å². The Balaban J connectivity index is 1.62. The molecule has 2 aromatic heterocycles. The van der Waals surface area contributed by atoms with Crippen molar-refractivity contribution in [1.82, 2.24) is 10.1 Å². The Morgan fingerprint density at radius 3 is 2.64 bits per heavy atom. The van der Waals surface area contributed by atoms with E-state index < -0.39 is 0 Å². The molecule has 6 heteroatoms. The van der Waals surface area contributed by atoms with Crippen molar-refractivity contribution in [2.75, 3.05) is 25.1 Å². The van der Waals surface area contributed by atoms with Crippen molar-refractivity contribution in [3.8, 4) is 17.0 Å². The number of piperidine rings is 1. The second-order valence-electron chi connectivity index (χ2n) is 5.58. The van der Waals surface area contributed by atoms with Gasteiger partial charge in [0, 0.05) is 18.7 Å². The third-order valence-electron chi connectivity index (χ3n) is 4.11. The number of nitrogens with one attached hydrogen (secondary N) is 1. The van der Waals surface area contributed by atoms with Crippen LogP contribution in [0.25, 0.3) is 16.2 Å². The van der Waals surface area contributed by atoms with Gasteiger partial charge in [0.2, 0.25) is 5.13 Å². The standard InChI is InChI=1S/C16H18N4OS/c1-21-13-7-5-12(6-8-13)14-11-20-15(17-14)22-16(18-20)19-9-3-2-4-10-19/h5-8,11H,2-4,9-10H2,1H3/p+1. The van der Waals surface area contributed by atoms with Crippen LogP contribution in [0.1, 0.15) is 19.3 Å². The predicted molar refractivity (Wildman–Crippen MR) is 87.7 cm³/mol. The smallest absolute Gasteiger partial charge is 0.368 e. The van der Waals surface area contributed by atoms with Gasteiger partial charge in [-0.2, -0.15) is 0 Å². The SMILES string of the molecule is COc1ccc(-c2c[n+]3nc(N4CCCCC4)sc3[nH]2)cc1. The molecule has 0 spiro atoms. The quantitative estimate of drug-likeness (QED) is 0.756. The maximum Gasteiger partial charge on any atom is 0.368 e. The number of hydrogen-bond donors (Lipinski definition) is 1. The first-order chi connectivity index (χ1) is 10.8. The lowest BCUT2D eigenvalue weighted by Crippen LogP contribution is -2.31. The van der Waals surface area contributed by atoms with Crippen LogP contribution in [0.3, 0.4) is 0 Å². The Morgan fingerprint density at radius 2 is 1.95 bits per heavy atom. The molecule has 22 heavy (non-hydrogen) atoms. The summed E-state index contributed by atoms with van der Waals surface area (Å²) in [6.45, 7) is 2.25. The largest absolute Gasteiger partial charge is 0.497 e. The van der Waals surface area contributed by atoms with E-state index in [1.165, 1.54) is 19.3 Å². The van der Waals surface area contributed by atoms with Gasteiger partial charge in [-0.3, -0.25) is 0 Å². The van der Waals surface area contributed by atoms with E-state index in [4.69, 9.17) is 9.84 Å². The highest BCUT2D eigenvalue weighted by Gasteiger charge is 2.21. The van der Waals surface area contributed by atoms with Gasteiger partial charge in [0.15, 0.2) is 11.9 Å². The maximum absolute atomic E-state index is 5.20. The Labute approximate surface area is 133 Å². The van der Waals surface area contributed by atoms with Crippen molar-refractivity contribution in [3.05, 3.63) is 30.5 Å². The van der Waals surface area contributed by atoms with Gasteiger partial charge in [-0.1, -0.05) is 4.52 Å². The van der Waals surface area contributed by atoms with Gasteiger partial charge in [0.05, 0.1) is 7.11 Å². The minimum atomic E-state index is 0.871. The van der Waals surface area contributed by atoms with Crippen molar-refractivity contribution in [1.29, 1.82) is 0 Å². The number of H-pyrrole nitrogens is 1. The Hall–Kier alpha value is -2.08. The fourth-order valence-electron chi connectivity index (χ4n) is 2.86. The summed E-state index contributed by atoms with van der Waals surface area (Å²) in [7, 11) is 1.68. The average molecular weight is 315 g/mol. The predicted octanol–water partition coefficient (Wildman–Crippen LogP) is 2.88. The lowest BCUT2D eigenvalue weighted by Gasteiger charge is -2.24. The summed E-state index contributed by atoms with van der Waals surface area (Å²) in [5, 5.41) is 5.84. The number of imidazole rings is 1. The molecule has 1 aliphatic heterocycles. The van der Waals surface area contributed by atoms with E-state index in [2.05, 4.69) is 28.2 Å². The van der Waals surface area contributed by atoms with Crippen molar-refractivity contribution >= 4 is 21.4 Å².